The molecule has 0 amide bonds. The number of rotatable bonds is 5. The van der Waals surface area contributed by atoms with E-state index < -0.39 is 0 Å². The number of piperidine rings is 1. The third kappa shape index (κ3) is 3.74. The summed E-state index contributed by atoms with van der Waals surface area (Å²) < 4.78 is 6.78. The van der Waals surface area contributed by atoms with Crippen molar-refractivity contribution < 1.29 is 4.74 Å². The van der Waals surface area contributed by atoms with Crippen LogP contribution >= 0.6 is 15.9 Å². The quantitative estimate of drug-likeness (QED) is 0.888. The first-order valence-corrected chi connectivity index (χ1v) is 8.21. The second-order valence-corrected chi connectivity index (χ2v) is 6.41. The molecule has 2 atom stereocenters. The van der Waals surface area contributed by atoms with Gasteiger partial charge in [-0.3, -0.25) is 0 Å². The summed E-state index contributed by atoms with van der Waals surface area (Å²) in [4.78, 5) is 2.43. The Morgan fingerprint density at radius 3 is 2.90 bits per heavy atom. The predicted octanol–water partition coefficient (Wildman–Crippen LogP) is 3.42. The highest BCUT2D eigenvalue weighted by molar-refractivity contribution is 9.10. The monoisotopic (exact) mass is 340 g/mol. The van der Waals surface area contributed by atoms with Crippen molar-refractivity contribution in [2.45, 2.75) is 32.9 Å². The molecule has 0 saturated carbocycles. The molecule has 0 aromatic heterocycles. The number of methoxy groups -OCH3 is 1. The predicted molar refractivity (Wildman–Crippen MR) is 88.3 cm³/mol. The molecule has 3 nitrogen and oxygen atoms in total. The first-order chi connectivity index (χ1) is 9.65. The second-order valence-electron chi connectivity index (χ2n) is 5.55. The summed E-state index contributed by atoms with van der Waals surface area (Å²) in [6.07, 6.45) is 1.52. The van der Waals surface area contributed by atoms with Crippen LogP contribution < -0.4 is 10.2 Å². The molecule has 20 heavy (non-hydrogen) atoms. The van der Waals surface area contributed by atoms with E-state index in [0.29, 0.717) is 12.0 Å². The Bertz CT molecular complexity index is 438. The summed E-state index contributed by atoms with van der Waals surface area (Å²) in [7, 11) is 1.82. The number of nitrogens with one attached hydrogen (secondary N) is 1. The Labute approximate surface area is 130 Å². The smallest absolute Gasteiger partial charge is 0.0772 e. The fourth-order valence-electron chi connectivity index (χ4n) is 2.75. The van der Waals surface area contributed by atoms with E-state index in [9.17, 15) is 0 Å². The minimum Gasteiger partial charge on any atom is -0.379 e. The number of hydrogen-bond donors (Lipinski definition) is 1. The van der Waals surface area contributed by atoms with E-state index in [2.05, 4.69) is 58.2 Å². The number of benzene rings is 1. The SMILES string of the molecule is CCNCc1ccc(N2CCC(C)C(OC)C2)c(Br)c1. The van der Waals surface area contributed by atoms with Gasteiger partial charge < -0.3 is 15.0 Å². The van der Waals surface area contributed by atoms with Gasteiger partial charge in [-0.1, -0.05) is 19.9 Å². The van der Waals surface area contributed by atoms with Gasteiger partial charge in [-0.25, -0.2) is 0 Å². The minimum absolute atomic E-state index is 0.331. The third-order valence-electron chi connectivity index (χ3n) is 4.12. The standard InChI is InChI=1S/C16H25BrN2O/c1-4-18-10-13-5-6-15(14(17)9-13)19-8-7-12(2)16(11-19)20-3/h5-6,9,12,16,18H,4,7-8,10-11H2,1-3H3. The Kier molecular flexibility index (Phi) is 5.87. The summed E-state index contributed by atoms with van der Waals surface area (Å²) in [5.41, 5.74) is 2.59. The fraction of sp³-hybridized carbons (Fsp3) is 0.625. The summed E-state index contributed by atoms with van der Waals surface area (Å²) in [5, 5.41) is 3.36. The zero-order valence-electron chi connectivity index (χ0n) is 12.7. The van der Waals surface area contributed by atoms with Gasteiger partial charge in [0.05, 0.1) is 11.8 Å². The molecule has 1 aromatic carbocycles. The maximum Gasteiger partial charge on any atom is 0.0772 e. The number of halogens is 1. The van der Waals surface area contributed by atoms with E-state index in [4.69, 9.17) is 4.74 Å². The van der Waals surface area contributed by atoms with Crippen LogP contribution in [0.25, 0.3) is 0 Å². The normalized spacial score (nSPS) is 23.1. The summed E-state index contributed by atoms with van der Waals surface area (Å²) in [6.45, 7) is 8.41. The minimum atomic E-state index is 0.331. The van der Waals surface area contributed by atoms with Crippen molar-refractivity contribution in [1.82, 2.24) is 5.32 Å². The number of ether oxygens (including phenoxy) is 1. The van der Waals surface area contributed by atoms with Crippen LogP contribution in [0.15, 0.2) is 22.7 Å². The van der Waals surface area contributed by atoms with Crippen LogP contribution in [-0.2, 0) is 11.3 Å². The number of anilines is 1. The van der Waals surface area contributed by atoms with Crippen LogP contribution in [0.5, 0.6) is 0 Å². The summed E-state index contributed by atoms with van der Waals surface area (Å²) in [5.74, 6) is 0.642. The number of nitrogens with zero attached hydrogens (tertiary/aromatic N) is 1. The summed E-state index contributed by atoms with van der Waals surface area (Å²) >= 11 is 3.72. The fourth-order valence-corrected chi connectivity index (χ4v) is 3.42. The lowest BCUT2D eigenvalue weighted by Crippen LogP contribution is -2.44. The maximum absolute atomic E-state index is 5.60. The van der Waals surface area contributed by atoms with Gasteiger partial charge in [0.25, 0.3) is 0 Å². The van der Waals surface area contributed by atoms with Gasteiger partial charge in [0, 0.05) is 31.2 Å². The molecule has 112 valence electrons. The van der Waals surface area contributed by atoms with Gasteiger partial charge in [-0.2, -0.15) is 0 Å². The molecule has 1 heterocycles. The van der Waals surface area contributed by atoms with E-state index in [0.717, 1.165) is 26.2 Å². The average molecular weight is 341 g/mol. The van der Waals surface area contributed by atoms with Crippen molar-refractivity contribution in [3.8, 4) is 0 Å². The van der Waals surface area contributed by atoms with Crippen LogP contribution in [0.4, 0.5) is 5.69 Å². The lowest BCUT2D eigenvalue weighted by Gasteiger charge is -2.38. The lowest BCUT2D eigenvalue weighted by molar-refractivity contribution is 0.0498. The molecule has 0 bridgehead atoms. The van der Waals surface area contributed by atoms with Crippen LogP contribution in [-0.4, -0.2) is 32.8 Å². The Balaban J connectivity index is 2.08. The van der Waals surface area contributed by atoms with Crippen molar-refractivity contribution >= 4 is 21.6 Å². The van der Waals surface area contributed by atoms with E-state index in [1.807, 2.05) is 7.11 Å². The van der Waals surface area contributed by atoms with Gasteiger partial charge in [-0.15, -0.1) is 0 Å². The second kappa shape index (κ2) is 7.43. The molecule has 0 spiro atoms. The van der Waals surface area contributed by atoms with Crippen molar-refractivity contribution in [2.75, 3.05) is 31.6 Å². The topological polar surface area (TPSA) is 24.5 Å². The van der Waals surface area contributed by atoms with Crippen molar-refractivity contribution in [3.63, 3.8) is 0 Å². The van der Waals surface area contributed by atoms with Crippen LogP contribution in [0.3, 0.4) is 0 Å². The molecular formula is C16H25BrN2O. The third-order valence-corrected chi connectivity index (χ3v) is 4.76. The van der Waals surface area contributed by atoms with Gasteiger partial charge >= 0.3 is 0 Å². The van der Waals surface area contributed by atoms with Crippen molar-refractivity contribution in [1.29, 1.82) is 0 Å². The molecule has 0 radical (unpaired) electrons. The first kappa shape index (κ1) is 15.8. The van der Waals surface area contributed by atoms with E-state index in [1.165, 1.54) is 22.1 Å². The number of hydrogen-bond acceptors (Lipinski definition) is 3. The van der Waals surface area contributed by atoms with Crippen LogP contribution in [0, 0.1) is 5.92 Å². The molecule has 2 unspecified atom stereocenters. The highest BCUT2D eigenvalue weighted by Crippen LogP contribution is 2.31. The Hall–Kier alpha value is -0.580. The molecule has 1 saturated heterocycles. The largest absolute Gasteiger partial charge is 0.379 e. The molecule has 4 heteroatoms. The van der Waals surface area contributed by atoms with Crippen LogP contribution in [0.1, 0.15) is 25.8 Å². The zero-order chi connectivity index (χ0) is 14.5. The van der Waals surface area contributed by atoms with Gasteiger partial charge in [0.15, 0.2) is 0 Å². The van der Waals surface area contributed by atoms with E-state index in [1.54, 1.807) is 0 Å². The van der Waals surface area contributed by atoms with Crippen molar-refractivity contribution in [3.05, 3.63) is 28.2 Å². The lowest BCUT2D eigenvalue weighted by atomic mass is 9.95. The Morgan fingerprint density at radius 1 is 1.45 bits per heavy atom. The summed E-state index contributed by atoms with van der Waals surface area (Å²) in [6, 6.07) is 6.65. The van der Waals surface area contributed by atoms with E-state index >= 15 is 0 Å². The highest BCUT2D eigenvalue weighted by Gasteiger charge is 2.26. The molecule has 2 rings (SSSR count). The van der Waals surface area contributed by atoms with Gasteiger partial charge in [-0.05, 0) is 52.5 Å². The maximum atomic E-state index is 5.60. The average Bonchev–Trinajstić information content (AvgIpc) is 2.46. The molecule has 0 aliphatic carbocycles. The molecule has 1 N–H and O–H groups in total. The van der Waals surface area contributed by atoms with Gasteiger partial charge in [0.1, 0.15) is 0 Å². The van der Waals surface area contributed by atoms with E-state index in [-0.39, 0.29) is 0 Å². The highest BCUT2D eigenvalue weighted by atomic mass is 79.9. The zero-order valence-corrected chi connectivity index (χ0v) is 14.2. The molecule has 1 fully saturated rings. The molecule has 1 aromatic rings. The first-order valence-electron chi connectivity index (χ1n) is 7.42. The molecule has 1 aliphatic heterocycles. The molecular weight excluding hydrogens is 316 g/mol. The van der Waals surface area contributed by atoms with Crippen LogP contribution in [0.2, 0.25) is 0 Å². The molecule has 1 aliphatic rings. The van der Waals surface area contributed by atoms with Crippen molar-refractivity contribution in [2.24, 2.45) is 5.92 Å². The van der Waals surface area contributed by atoms with Gasteiger partial charge in [0.2, 0.25) is 0 Å². The Morgan fingerprint density at radius 2 is 2.25 bits per heavy atom.